The number of ether oxygens (including phenoxy) is 1. The molecule has 0 heterocycles. The van der Waals surface area contributed by atoms with Gasteiger partial charge in [0.05, 0.1) is 6.61 Å². The molecule has 0 spiro atoms. The third-order valence-electron chi connectivity index (χ3n) is 3.77. The van der Waals surface area contributed by atoms with E-state index in [4.69, 9.17) is 25.8 Å². The monoisotopic (exact) mass is 445 g/mol. The number of nitrogens with one attached hydrogen (secondary N) is 2. The third-order valence-corrected chi connectivity index (χ3v) is 3.77. The molecule has 0 aliphatic heterocycles. The normalized spacial score (nSPS) is 11.0. The molecule has 2 amide bonds. The molecule has 1 atom stereocenters. The fraction of sp³-hybridized carbons (Fsp3) is 0.556. The SMILES string of the molecule is CCOc1c(NCCCCC(NC(N)=O)C(=O)O)c(=O)c1=O.O=C(O)CCCC(=O)O. The highest BCUT2D eigenvalue weighted by molar-refractivity contribution is 5.81. The summed E-state index contributed by atoms with van der Waals surface area (Å²) in [6.45, 7) is 2.38. The van der Waals surface area contributed by atoms with E-state index in [1.165, 1.54) is 0 Å². The number of rotatable bonds is 14. The van der Waals surface area contributed by atoms with Crippen LogP contribution in [-0.4, -0.2) is 58.5 Å². The summed E-state index contributed by atoms with van der Waals surface area (Å²) in [5.74, 6) is -3.01. The predicted octanol–water partition coefficient (Wildman–Crippen LogP) is -0.289. The minimum absolute atomic E-state index is 0.0475. The van der Waals surface area contributed by atoms with E-state index < -0.39 is 40.8 Å². The van der Waals surface area contributed by atoms with Gasteiger partial charge in [0.1, 0.15) is 11.7 Å². The number of urea groups is 1. The number of carbonyl (C=O) groups excluding carboxylic acids is 1. The van der Waals surface area contributed by atoms with Crippen LogP contribution < -0.4 is 32.0 Å². The molecule has 0 radical (unpaired) electrons. The van der Waals surface area contributed by atoms with Crippen LogP contribution in [0, 0.1) is 0 Å². The maximum absolute atomic E-state index is 11.3. The van der Waals surface area contributed by atoms with Crippen molar-refractivity contribution in [1.82, 2.24) is 5.32 Å². The Balaban J connectivity index is 0.000000842. The molecule has 174 valence electrons. The molecule has 1 rings (SSSR count). The molecule has 1 unspecified atom stereocenters. The van der Waals surface area contributed by atoms with Crippen LogP contribution in [-0.2, 0) is 14.4 Å². The number of carbonyl (C=O) groups is 4. The molecule has 0 saturated heterocycles. The summed E-state index contributed by atoms with van der Waals surface area (Å²) in [6.07, 6.45) is 1.34. The van der Waals surface area contributed by atoms with Crippen molar-refractivity contribution in [1.29, 1.82) is 0 Å². The first kappa shape index (κ1) is 27.4. The van der Waals surface area contributed by atoms with E-state index in [0.717, 1.165) is 0 Å². The zero-order valence-corrected chi connectivity index (χ0v) is 17.0. The minimum atomic E-state index is -1.16. The van der Waals surface area contributed by atoms with Gasteiger partial charge in [-0.3, -0.25) is 19.2 Å². The Bertz CT molecular complexity index is 815. The van der Waals surface area contributed by atoms with E-state index in [-0.39, 0.29) is 37.1 Å². The second kappa shape index (κ2) is 14.4. The van der Waals surface area contributed by atoms with Gasteiger partial charge in [0.25, 0.3) is 10.9 Å². The number of primary amides is 1. The van der Waals surface area contributed by atoms with Crippen molar-refractivity contribution in [3.8, 4) is 5.75 Å². The maximum atomic E-state index is 11.3. The molecule has 0 saturated carbocycles. The molecule has 0 bridgehead atoms. The van der Waals surface area contributed by atoms with Gasteiger partial charge in [-0.2, -0.15) is 0 Å². The highest BCUT2D eigenvalue weighted by Gasteiger charge is 2.22. The van der Waals surface area contributed by atoms with Gasteiger partial charge in [-0.05, 0) is 32.6 Å². The lowest BCUT2D eigenvalue weighted by Gasteiger charge is -2.14. The van der Waals surface area contributed by atoms with Crippen LogP contribution in [0.1, 0.15) is 45.4 Å². The van der Waals surface area contributed by atoms with Crippen LogP contribution in [0.4, 0.5) is 10.5 Å². The molecule has 0 fully saturated rings. The Morgan fingerprint density at radius 2 is 1.55 bits per heavy atom. The number of carboxylic acid groups (broad SMARTS) is 3. The number of aliphatic carboxylic acids is 3. The molecule has 0 aliphatic carbocycles. The van der Waals surface area contributed by atoms with E-state index in [1.54, 1.807) is 6.92 Å². The molecule has 1 aromatic rings. The molecular formula is C18H27N3O10. The quantitative estimate of drug-likeness (QED) is 0.161. The largest absolute Gasteiger partial charge is 0.488 e. The van der Waals surface area contributed by atoms with Gasteiger partial charge < -0.3 is 36.4 Å². The van der Waals surface area contributed by atoms with E-state index in [2.05, 4.69) is 10.6 Å². The van der Waals surface area contributed by atoms with Crippen molar-refractivity contribution in [2.75, 3.05) is 18.5 Å². The Morgan fingerprint density at radius 3 is 2.00 bits per heavy atom. The maximum Gasteiger partial charge on any atom is 0.326 e. The number of anilines is 1. The molecule has 13 nitrogen and oxygen atoms in total. The number of amides is 2. The fourth-order valence-corrected chi connectivity index (χ4v) is 2.32. The summed E-state index contributed by atoms with van der Waals surface area (Å²) in [4.78, 5) is 63.7. The van der Waals surface area contributed by atoms with Gasteiger partial charge in [0, 0.05) is 19.4 Å². The highest BCUT2D eigenvalue weighted by Crippen LogP contribution is 2.17. The van der Waals surface area contributed by atoms with Crippen LogP contribution in [0.25, 0.3) is 0 Å². The Hall–Kier alpha value is -3.64. The van der Waals surface area contributed by atoms with Crippen LogP contribution in [0.2, 0.25) is 0 Å². The first-order chi connectivity index (χ1) is 14.5. The fourth-order valence-electron chi connectivity index (χ4n) is 2.32. The van der Waals surface area contributed by atoms with Gasteiger partial charge in [0.2, 0.25) is 0 Å². The molecule has 0 aromatic heterocycles. The van der Waals surface area contributed by atoms with Crippen LogP contribution in [0.3, 0.4) is 0 Å². The van der Waals surface area contributed by atoms with Crippen molar-refractivity contribution in [3.05, 3.63) is 20.4 Å². The summed E-state index contributed by atoms with van der Waals surface area (Å²) >= 11 is 0. The number of hydrogen-bond donors (Lipinski definition) is 6. The lowest BCUT2D eigenvalue weighted by molar-refractivity contribution is -0.140. The minimum Gasteiger partial charge on any atom is -0.488 e. The number of nitrogens with two attached hydrogens (primary N) is 1. The van der Waals surface area contributed by atoms with Crippen molar-refractivity contribution in [2.24, 2.45) is 5.73 Å². The zero-order chi connectivity index (χ0) is 24.0. The smallest absolute Gasteiger partial charge is 0.326 e. The van der Waals surface area contributed by atoms with Crippen LogP contribution in [0.5, 0.6) is 5.75 Å². The summed E-state index contributed by atoms with van der Waals surface area (Å²) in [5, 5.41) is 29.9. The molecule has 0 aliphatic rings. The summed E-state index contributed by atoms with van der Waals surface area (Å²) < 4.78 is 5.05. The predicted molar refractivity (Wildman–Crippen MR) is 108 cm³/mol. The Kier molecular flexibility index (Phi) is 12.7. The average Bonchev–Trinajstić information content (AvgIpc) is 2.67. The van der Waals surface area contributed by atoms with E-state index in [9.17, 15) is 28.8 Å². The standard InChI is InChI=1S/C13H19N3O6.C5H8O4/c1-2-22-11-8(9(17)10(11)18)15-6-4-3-5-7(12(19)20)16-13(14)21;6-4(7)2-1-3-5(8)9/h7,15H,2-6H2,1H3,(H,19,20)(H3,14,16,21);1-3H2,(H,6,7)(H,8,9). The van der Waals surface area contributed by atoms with Crippen molar-refractivity contribution in [2.45, 2.75) is 51.5 Å². The second-order valence-corrected chi connectivity index (χ2v) is 6.26. The van der Waals surface area contributed by atoms with Gasteiger partial charge in [-0.1, -0.05) is 0 Å². The van der Waals surface area contributed by atoms with Crippen molar-refractivity contribution >= 4 is 29.6 Å². The topological polar surface area (TPSA) is 222 Å². The van der Waals surface area contributed by atoms with Gasteiger partial charge in [-0.25, -0.2) is 9.59 Å². The first-order valence-corrected chi connectivity index (χ1v) is 9.43. The number of unbranched alkanes of at least 4 members (excludes halogenated alkanes) is 1. The average molecular weight is 445 g/mol. The zero-order valence-electron chi connectivity index (χ0n) is 17.0. The van der Waals surface area contributed by atoms with Crippen LogP contribution in [0.15, 0.2) is 9.59 Å². The molecule has 1 aromatic carbocycles. The lowest BCUT2D eigenvalue weighted by Crippen LogP contribution is -2.43. The van der Waals surface area contributed by atoms with Crippen molar-refractivity contribution in [3.63, 3.8) is 0 Å². The molecule has 31 heavy (non-hydrogen) atoms. The second-order valence-electron chi connectivity index (χ2n) is 6.26. The first-order valence-electron chi connectivity index (χ1n) is 9.43. The van der Waals surface area contributed by atoms with Gasteiger partial charge >= 0.3 is 23.9 Å². The molecular weight excluding hydrogens is 418 g/mol. The van der Waals surface area contributed by atoms with Gasteiger partial charge in [0.15, 0.2) is 5.75 Å². The summed E-state index contributed by atoms with van der Waals surface area (Å²) in [6, 6.07) is -1.93. The third kappa shape index (κ3) is 11.2. The van der Waals surface area contributed by atoms with Gasteiger partial charge in [-0.15, -0.1) is 0 Å². The summed E-state index contributed by atoms with van der Waals surface area (Å²) in [7, 11) is 0. The van der Waals surface area contributed by atoms with E-state index >= 15 is 0 Å². The molecule has 7 N–H and O–H groups in total. The summed E-state index contributed by atoms with van der Waals surface area (Å²) in [5.41, 5.74) is 3.80. The highest BCUT2D eigenvalue weighted by atomic mass is 16.5. The van der Waals surface area contributed by atoms with Crippen molar-refractivity contribution < 1.29 is 39.2 Å². The number of hydrogen-bond acceptors (Lipinski definition) is 8. The number of carboxylic acids is 3. The Morgan fingerprint density at radius 1 is 0.968 bits per heavy atom. The Labute approximate surface area is 176 Å². The molecule has 13 heteroatoms. The lowest BCUT2D eigenvalue weighted by atomic mass is 10.1. The van der Waals surface area contributed by atoms with E-state index in [0.29, 0.717) is 26.0 Å². The van der Waals surface area contributed by atoms with Crippen LogP contribution >= 0.6 is 0 Å². The van der Waals surface area contributed by atoms with E-state index in [1.807, 2.05) is 0 Å².